The Morgan fingerprint density at radius 2 is 1.93 bits per heavy atom. The van der Waals surface area contributed by atoms with Crippen molar-refractivity contribution in [2.24, 2.45) is 5.10 Å². The Hall–Kier alpha value is -3.47. The maximum atomic E-state index is 13.1. The predicted octanol–water partition coefficient (Wildman–Crippen LogP) is 3.77. The Bertz CT molecular complexity index is 946. The second-order valence-electron chi connectivity index (χ2n) is 5.97. The van der Waals surface area contributed by atoms with Gasteiger partial charge in [0, 0.05) is 6.07 Å². The average molecular weight is 392 g/mol. The molecule has 11 heteroatoms. The molecule has 0 amide bonds. The number of halogens is 3. The van der Waals surface area contributed by atoms with Crippen LogP contribution in [0.3, 0.4) is 0 Å². The van der Waals surface area contributed by atoms with Gasteiger partial charge < -0.3 is 0 Å². The van der Waals surface area contributed by atoms with E-state index < -0.39 is 22.4 Å². The first-order valence-electron chi connectivity index (χ1n) is 8.08. The summed E-state index contributed by atoms with van der Waals surface area (Å²) in [5.74, 6) is 0.0316. The maximum Gasteiger partial charge on any atom is 0.423 e. The number of para-hydroxylation sites is 1. The van der Waals surface area contributed by atoms with Crippen LogP contribution in [0.5, 0.6) is 0 Å². The van der Waals surface area contributed by atoms with Gasteiger partial charge in [-0.3, -0.25) is 26.0 Å². The monoisotopic (exact) mass is 392 g/mol. The second-order valence-corrected chi connectivity index (χ2v) is 5.97. The van der Waals surface area contributed by atoms with E-state index in [4.69, 9.17) is 5.41 Å². The molecule has 0 aliphatic carbocycles. The summed E-state index contributed by atoms with van der Waals surface area (Å²) in [7, 11) is 0. The van der Waals surface area contributed by atoms with Gasteiger partial charge in [-0.1, -0.05) is 18.2 Å². The SMILES string of the molecule is CC1NN(c2ccccc2)C(=N)/C1=N\Nc1ccc([N+](=O)[O-])c(C(F)(F)F)c1. The van der Waals surface area contributed by atoms with Gasteiger partial charge in [-0.15, -0.1) is 0 Å². The van der Waals surface area contributed by atoms with E-state index in [1.807, 2.05) is 6.07 Å². The molecule has 0 aromatic heterocycles. The fraction of sp³-hybridized carbons (Fsp3) is 0.176. The van der Waals surface area contributed by atoms with Crippen LogP contribution in [0.4, 0.5) is 30.2 Å². The van der Waals surface area contributed by atoms with Crippen LogP contribution in [-0.4, -0.2) is 22.5 Å². The standard InChI is InChI=1S/C17H15F3N6O2/c1-10-15(16(21)25(24-10)12-5-3-2-4-6-12)23-22-11-7-8-14(26(27)28)13(9-11)17(18,19)20/h2-10,21-22,24H,1H3/b21-16?,23-15-. The Labute approximate surface area is 157 Å². The van der Waals surface area contributed by atoms with Crippen molar-refractivity contribution in [3.8, 4) is 0 Å². The first kappa shape index (κ1) is 19.3. The number of alkyl halides is 3. The fourth-order valence-corrected chi connectivity index (χ4v) is 2.69. The van der Waals surface area contributed by atoms with Gasteiger partial charge in [0.15, 0.2) is 5.84 Å². The molecular formula is C17H15F3N6O2. The molecule has 146 valence electrons. The molecule has 8 nitrogen and oxygen atoms in total. The highest BCUT2D eigenvalue weighted by atomic mass is 19.4. The number of nitrogens with zero attached hydrogens (tertiary/aromatic N) is 3. The Balaban J connectivity index is 1.85. The lowest BCUT2D eigenvalue weighted by Gasteiger charge is -2.17. The molecule has 1 aliphatic rings. The minimum absolute atomic E-state index is 0.0316. The Morgan fingerprint density at radius 3 is 2.54 bits per heavy atom. The molecular weight excluding hydrogens is 377 g/mol. The van der Waals surface area contributed by atoms with Gasteiger partial charge >= 0.3 is 6.18 Å². The summed E-state index contributed by atoms with van der Waals surface area (Å²) < 4.78 is 39.2. The minimum atomic E-state index is -4.88. The molecule has 1 atom stereocenters. The average Bonchev–Trinajstić information content (AvgIpc) is 2.93. The lowest BCUT2D eigenvalue weighted by Crippen LogP contribution is -2.36. The van der Waals surface area contributed by atoms with Crippen LogP contribution in [0.2, 0.25) is 0 Å². The van der Waals surface area contributed by atoms with Crippen molar-refractivity contribution >= 4 is 28.6 Å². The van der Waals surface area contributed by atoms with Crippen molar-refractivity contribution in [1.82, 2.24) is 5.43 Å². The number of benzene rings is 2. The Kier molecular flexibility index (Phi) is 5.01. The van der Waals surface area contributed by atoms with E-state index in [2.05, 4.69) is 16.0 Å². The number of nitro groups is 1. The fourth-order valence-electron chi connectivity index (χ4n) is 2.69. The molecule has 2 aromatic rings. The quantitative estimate of drug-likeness (QED) is 0.542. The van der Waals surface area contributed by atoms with Crippen LogP contribution in [0.25, 0.3) is 0 Å². The predicted molar refractivity (Wildman–Crippen MR) is 98.4 cm³/mol. The summed E-state index contributed by atoms with van der Waals surface area (Å²) in [6.07, 6.45) is -4.88. The largest absolute Gasteiger partial charge is 0.423 e. The molecule has 1 aliphatic heterocycles. The van der Waals surface area contributed by atoms with Gasteiger partial charge in [0.1, 0.15) is 11.3 Å². The number of hydrogen-bond donors (Lipinski definition) is 3. The number of hydrazone groups is 1. The third kappa shape index (κ3) is 3.78. The van der Waals surface area contributed by atoms with Crippen LogP contribution < -0.4 is 15.9 Å². The Morgan fingerprint density at radius 1 is 1.25 bits per heavy atom. The molecule has 3 N–H and O–H groups in total. The molecule has 1 unspecified atom stereocenters. The first-order chi connectivity index (χ1) is 13.2. The number of amidine groups is 1. The molecule has 1 fully saturated rings. The number of nitrogens with one attached hydrogen (secondary N) is 3. The van der Waals surface area contributed by atoms with E-state index in [9.17, 15) is 23.3 Å². The number of anilines is 2. The van der Waals surface area contributed by atoms with E-state index in [0.29, 0.717) is 11.8 Å². The van der Waals surface area contributed by atoms with Crippen molar-refractivity contribution in [2.45, 2.75) is 19.1 Å². The smallest absolute Gasteiger partial charge is 0.282 e. The maximum absolute atomic E-state index is 13.1. The van der Waals surface area contributed by atoms with Gasteiger partial charge in [0.25, 0.3) is 5.69 Å². The molecule has 3 rings (SSSR count). The van der Waals surface area contributed by atoms with Gasteiger partial charge in [0.2, 0.25) is 0 Å². The molecule has 1 heterocycles. The van der Waals surface area contributed by atoms with Gasteiger partial charge in [-0.05, 0) is 31.2 Å². The number of nitro benzene ring substituents is 1. The third-order valence-corrected chi connectivity index (χ3v) is 4.02. The van der Waals surface area contributed by atoms with Crippen LogP contribution in [0, 0.1) is 15.5 Å². The topological polar surface area (TPSA) is 107 Å². The van der Waals surface area contributed by atoms with Crippen molar-refractivity contribution in [3.05, 3.63) is 64.2 Å². The third-order valence-electron chi connectivity index (χ3n) is 4.02. The zero-order valence-electron chi connectivity index (χ0n) is 14.5. The van der Waals surface area contributed by atoms with Crippen LogP contribution in [-0.2, 0) is 6.18 Å². The minimum Gasteiger partial charge on any atom is -0.282 e. The number of hydrogen-bond acceptors (Lipinski definition) is 6. The van der Waals surface area contributed by atoms with Crippen LogP contribution >= 0.6 is 0 Å². The lowest BCUT2D eigenvalue weighted by molar-refractivity contribution is -0.388. The highest BCUT2D eigenvalue weighted by Crippen LogP contribution is 2.37. The molecule has 1 saturated heterocycles. The van der Waals surface area contributed by atoms with Gasteiger partial charge in [-0.2, -0.15) is 18.3 Å². The van der Waals surface area contributed by atoms with Crippen LogP contribution in [0.15, 0.2) is 53.6 Å². The summed E-state index contributed by atoms with van der Waals surface area (Å²) in [4.78, 5) is 9.73. The highest BCUT2D eigenvalue weighted by molar-refractivity contribution is 6.48. The van der Waals surface area contributed by atoms with Crippen molar-refractivity contribution in [3.63, 3.8) is 0 Å². The molecule has 0 bridgehead atoms. The lowest BCUT2D eigenvalue weighted by atomic mass is 10.1. The molecule has 28 heavy (non-hydrogen) atoms. The molecule has 0 radical (unpaired) electrons. The molecule has 2 aromatic carbocycles. The number of hydrazine groups is 1. The summed E-state index contributed by atoms with van der Waals surface area (Å²) in [5.41, 5.74) is 3.98. The van der Waals surface area contributed by atoms with Crippen LogP contribution in [0.1, 0.15) is 12.5 Å². The van der Waals surface area contributed by atoms with Crippen molar-refractivity contribution < 1.29 is 18.1 Å². The zero-order chi connectivity index (χ0) is 20.5. The number of rotatable bonds is 4. The van der Waals surface area contributed by atoms with Gasteiger partial charge in [-0.25, -0.2) is 5.43 Å². The molecule has 0 spiro atoms. The summed E-state index contributed by atoms with van der Waals surface area (Å²) in [6, 6.07) is 11.2. The van der Waals surface area contributed by atoms with E-state index in [0.717, 1.165) is 12.1 Å². The molecule has 0 saturated carbocycles. The summed E-state index contributed by atoms with van der Waals surface area (Å²) >= 11 is 0. The highest BCUT2D eigenvalue weighted by Gasteiger charge is 2.38. The summed E-state index contributed by atoms with van der Waals surface area (Å²) in [6.45, 7) is 1.75. The van der Waals surface area contributed by atoms with Crippen molar-refractivity contribution in [1.29, 1.82) is 5.41 Å². The normalized spacial score (nSPS) is 18.6. The second kappa shape index (κ2) is 7.27. The first-order valence-corrected chi connectivity index (χ1v) is 8.08. The van der Waals surface area contributed by atoms with E-state index >= 15 is 0 Å². The van der Waals surface area contributed by atoms with Gasteiger partial charge in [0.05, 0.1) is 22.3 Å². The zero-order valence-corrected chi connectivity index (χ0v) is 14.5. The van der Waals surface area contributed by atoms with E-state index in [1.54, 1.807) is 31.2 Å². The summed E-state index contributed by atoms with van der Waals surface area (Å²) in [5, 5.41) is 24.6. The van der Waals surface area contributed by atoms with E-state index in [1.165, 1.54) is 5.01 Å². The van der Waals surface area contributed by atoms with Crippen molar-refractivity contribution in [2.75, 3.05) is 10.4 Å². The van der Waals surface area contributed by atoms with E-state index in [-0.39, 0.29) is 23.3 Å².